The molecular weight excluding hydrogens is 404 g/mol. The number of nitrogens with one attached hydrogen (secondary N) is 3. The number of amidine groups is 1. The summed E-state index contributed by atoms with van der Waals surface area (Å²) in [6.07, 6.45) is 7.88. The van der Waals surface area contributed by atoms with E-state index < -0.39 is 0 Å². The zero-order chi connectivity index (χ0) is 22.3. The number of ether oxygens (including phenoxy) is 1. The van der Waals surface area contributed by atoms with E-state index in [2.05, 4.69) is 29.0 Å². The van der Waals surface area contributed by atoms with E-state index in [9.17, 15) is 4.79 Å². The Labute approximate surface area is 187 Å². The number of carbonyl (C=O) groups excluding carboxylic acids is 1. The number of hydrogen-bond donors (Lipinski definition) is 3. The van der Waals surface area contributed by atoms with Crippen molar-refractivity contribution in [1.82, 2.24) is 25.3 Å². The Hall–Kier alpha value is -3.29. The fraction of sp³-hybridized carbons (Fsp3) is 0.458. The SMILES string of the molecule is C=CNC(=CC(=N)N1CCN(CC2CC2)C(=O)C1)c1n[nH]c2ccc(OC3(C)CC3)cc12. The molecular formula is C24H30N6O2. The Morgan fingerprint density at radius 3 is 2.91 bits per heavy atom. The second-order valence-corrected chi connectivity index (χ2v) is 9.33. The van der Waals surface area contributed by atoms with E-state index in [0.717, 1.165) is 36.0 Å². The number of benzene rings is 1. The van der Waals surface area contributed by atoms with Crippen molar-refractivity contribution in [2.24, 2.45) is 5.92 Å². The second-order valence-electron chi connectivity index (χ2n) is 9.33. The van der Waals surface area contributed by atoms with E-state index in [1.807, 2.05) is 28.0 Å². The van der Waals surface area contributed by atoms with Crippen LogP contribution in [0.1, 0.15) is 38.3 Å². The molecule has 0 radical (unpaired) electrons. The van der Waals surface area contributed by atoms with Gasteiger partial charge in [-0.05, 0) is 62.9 Å². The fourth-order valence-electron chi connectivity index (χ4n) is 4.06. The summed E-state index contributed by atoms with van der Waals surface area (Å²) in [5.74, 6) is 1.87. The van der Waals surface area contributed by atoms with E-state index in [4.69, 9.17) is 10.1 Å². The van der Waals surface area contributed by atoms with Gasteiger partial charge in [-0.3, -0.25) is 15.3 Å². The number of fused-ring (bicyclic) bond motifs is 1. The van der Waals surface area contributed by atoms with Crippen LogP contribution in [0.3, 0.4) is 0 Å². The Bertz CT molecular complexity index is 1100. The average Bonchev–Trinajstić information content (AvgIpc) is 3.68. The summed E-state index contributed by atoms with van der Waals surface area (Å²) in [7, 11) is 0. The van der Waals surface area contributed by atoms with Gasteiger partial charge < -0.3 is 19.9 Å². The van der Waals surface area contributed by atoms with E-state index in [-0.39, 0.29) is 23.9 Å². The third-order valence-corrected chi connectivity index (χ3v) is 6.48. The van der Waals surface area contributed by atoms with Crippen LogP contribution in [-0.4, -0.2) is 63.5 Å². The molecule has 2 saturated carbocycles. The van der Waals surface area contributed by atoms with Crippen molar-refractivity contribution >= 4 is 28.3 Å². The number of carbonyl (C=O) groups is 1. The van der Waals surface area contributed by atoms with Crippen LogP contribution in [0.2, 0.25) is 0 Å². The van der Waals surface area contributed by atoms with Crippen LogP contribution in [0.15, 0.2) is 37.1 Å². The Balaban J connectivity index is 1.36. The molecule has 8 nitrogen and oxygen atoms in total. The maximum Gasteiger partial charge on any atom is 0.242 e. The van der Waals surface area contributed by atoms with Crippen LogP contribution in [0.25, 0.3) is 16.6 Å². The van der Waals surface area contributed by atoms with Crippen molar-refractivity contribution in [1.29, 1.82) is 5.41 Å². The van der Waals surface area contributed by atoms with Crippen molar-refractivity contribution in [3.63, 3.8) is 0 Å². The summed E-state index contributed by atoms with van der Waals surface area (Å²) < 4.78 is 6.12. The minimum atomic E-state index is -0.0636. The molecule has 1 aromatic carbocycles. The lowest BCUT2D eigenvalue weighted by molar-refractivity contribution is -0.134. The molecule has 3 aliphatic rings. The lowest BCUT2D eigenvalue weighted by Gasteiger charge is -2.35. The summed E-state index contributed by atoms with van der Waals surface area (Å²) in [5.41, 5.74) is 2.17. The lowest BCUT2D eigenvalue weighted by Crippen LogP contribution is -2.52. The van der Waals surface area contributed by atoms with Crippen molar-refractivity contribution in [2.45, 2.75) is 38.2 Å². The van der Waals surface area contributed by atoms with Gasteiger partial charge in [0.15, 0.2) is 0 Å². The van der Waals surface area contributed by atoms with Gasteiger partial charge in [-0.25, -0.2) is 0 Å². The first kappa shape index (κ1) is 20.6. The first-order valence-corrected chi connectivity index (χ1v) is 11.3. The van der Waals surface area contributed by atoms with Crippen molar-refractivity contribution in [3.05, 3.63) is 42.7 Å². The van der Waals surface area contributed by atoms with Crippen molar-refractivity contribution in [3.8, 4) is 5.75 Å². The number of amides is 1. The highest BCUT2D eigenvalue weighted by molar-refractivity contribution is 6.02. The van der Waals surface area contributed by atoms with Crippen LogP contribution in [0.4, 0.5) is 0 Å². The van der Waals surface area contributed by atoms with Gasteiger partial charge in [0.1, 0.15) is 22.9 Å². The highest BCUT2D eigenvalue weighted by Crippen LogP contribution is 2.40. The Morgan fingerprint density at radius 2 is 2.22 bits per heavy atom. The van der Waals surface area contributed by atoms with Gasteiger partial charge in [0.25, 0.3) is 0 Å². The predicted octanol–water partition coefficient (Wildman–Crippen LogP) is 3.10. The molecule has 0 bridgehead atoms. The molecule has 5 rings (SSSR count). The van der Waals surface area contributed by atoms with E-state index in [1.165, 1.54) is 12.8 Å². The van der Waals surface area contributed by atoms with E-state index in [1.54, 1.807) is 12.3 Å². The van der Waals surface area contributed by atoms with Crippen molar-refractivity contribution < 1.29 is 9.53 Å². The van der Waals surface area contributed by atoms with Crippen LogP contribution in [-0.2, 0) is 4.79 Å². The standard InChI is InChI=1S/C24H30N6O2/c1-3-26-20(13-21(25)29-10-11-30(22(31)15-29)14-16-4-5-16)23-18-12-17(32-24(2)8-9-24)6-7-19(18)27-28-23/h3,6-7,12-13,16,25-26H,1,4-5,8-11,14-15H2,2H3,(H,27,28). The molecule has 32 heavy (non-hydrogen) atoms. The Kier molecular flexibility index (Phi) is 5.15. The number of nitrogens with zero attached hydrogens (tertiary/aromatic N) is 3. The van der Waals surface area contributed by atoms with Gasteiger partial charge in [0.2, 0.25) is 5.91 Å². The zero-order valence-electron chi connectivity index (χ0n) is 18.5. The maximum atomic E-state index is 12.5. The third kappa shape index (κ3) is 4.35. The molecule has 1 aromatic heterocycles. The summed E-state index contributed by atoms with van der Waals surface area (Å²) in [6.45, 7) is 8.32. The van der Waals surface area contributed by atoms with E-state index >= 15 is 0 Å². The molecule has 1 saturated heterocycles. The van der Waals surface area contributed by atoms with Crippen LogP contribution in [0, 0.1) is 11.3 Å². The third-order valence-electron chi connectivity index (χ3n) is 6.48. The first-order chi connectivity index (χ1) is 15.4. The van der Waals surface area contributed by atoms with Crippen LogP contribution in [0.5, 0.6) is 5.75 Å². The van der Waals surface area contributed by atoms with Gasteiger partial charge >= 0.3 is 0 Å². The molecule has 2 aliphatic carbocycles. The predicted molar refractivity (Wildman–Crippen MR) is 124 cm³/mol. The van der Waals surface area contributed by atoms with Crippen molar-refractivity contribution in [2.75, 3.05) is 26.2 Å². The normalized spacial score (nSPS) is 20.4. The fourth-order valence-corrected chi connectivity index (χ4v) is 4.06. The summed E-state index contributed by atoms with van der Waals surface area (Å²) >= 11 is 0. The number of piperazine rings is 1. The average molecular weight is 435 g/mol. The number of rotatable bonds is 8. The molecule has 3 fully saturated rings. The molecule has 2 aromatic rings. The molecule has 2 heterocycles. The highest BCUT2D eigenvalue weighted by Gasteiger charge is 2.40. The number of aromatic amines is 1. The van der Waals surface area contributed by atoms with Gasteiger partial charge in [0.05, 0.1) is 17.8 Å². The minimum absolute atomic E-state index is 0.0636. The Morgan fingerprint density at radius 1 is 1.41 bits per heavy atom. The van der Waals surface area contributed by atoms with Gasteiger partial charge in [0, 0.05) is 31.1 Å². The summed E-state index contributed by atoms with van der Waals surface area (Å²) in [4.78, 5) is 16.3. The van der Waals surface area contributed by atoms with Gasteiger partial charge in [-0.15, -0.1) is 0 Å². The smallest absolute Gasteiger partial charge is 0.242 e. The van der Waals surface area contributed by atoms with Gasteiger partial charge in [-0.1, -0.05) is 6.58 Å². The minimum Gasteiger partial charge on any atom is -0.488 e. The highest BCUT2D eigenvalue weighted by atomic mass is 16.5. The second kappa shape index (κ2) is 8.00. The molecule has 3 N–H and O–H groups in total. The molecule has 1 amide bonds. The largest absolute Gasteiger partial charge is 0.488 e. The van der Waals surface area contributed by atoms with Crippen LogP contribution < -0.4 is 10.1 Å². The molecule has 0 unspecified atom stereocenters. The number of aromatic nitrogens is 2. The monoisotopic (exact) mass is 434 g/mol. The number of hydrogen-bond acceptors (Lipinski definition) is 5. The maximum absolute atomic E-state index is 12.5. The van der Waals surface area contributed by atoms with Crippen LogP contribution >= 0.6 is 0 Å². The first-order valence-electron chi connectivity index (χ1n) is 11.3. The summed E-state index contributed by atoms with van der Waals surface area (Å²) in [5, 5.41) is 20.2. The van der Waals surface area contributed by atoms with Gasteiger partial charge in [-0.2, -0.15) is 5.10 Å². The zero-order valence-corrected chi connectivity index (χ0v) is 18.5. The lowest BCUT2D eigenvalue weighted by atomic mass is 10.1. The van der Waals surface area contributed by atoms with E-state index in [0.29, 0.717) is 30.4 Å². The topological polar surface area (TPSA) is 97.3 Å². The molecule has 0 atom stereocenters. The quantitative estimate of drug-likeness (QED) is 0.438. The number of H-pyrrole nitrogens is 1. The molecule has 8 heteroatoms. The molecule has 1 aliphatic heterocycles. The molecule has 168 valence electrons. The summed E-state index contributed by atoms with van der Waals surface area (Å²) in [6, 6.07) is 5.90. The molecule has 0 spiro atoms.